The fourth-order valence-corrected chi connectivity index (χ4v) is 3.65. The van der Waals surface area contributed by atoms with Crippen molar-refractivity contribution in [2.75, 3.05) is 43.4 Å². The second-order valence-electron chi connectivity index (χ2n) is 9.36. The van der Waals surface area contributed by atoms with Gasteiger partial charge in [-0.2, -0.15) is 0 Å². The maximum Gasteiger partial charge on any atom is 0.494 e. The third-order valence-electron chi connectivity index (χ3n) is 6.53. The van der Waals surface area contributed by atoms with Crippen molar-refractivity contribution in [3.8, 4) is 0 Å². The number of rotatable bonds is 4. The van der Waals surface area contributed by atoms with Gasteiger partial charge in [-0.05, 0) is 64.5 Å². The number of nitrogens with zero attached hydrogens (tertiary/aromatic N) is 3. The van der Waals surface area contributed by atoms with E-state index < -0.39 is 7.12 Å². The van der Waals surface area contributed by atoms with E-state index in [1.54, 1.807) is 6.20 Å². The maximum atomic E-state index is 12.6. The van der Waals surface area contributed by atoms with E-state index in [4.69, 9.17) is 9.31 Å². The average molecular weight is 422 g/mol. The molecule has 0 atom stereocenters. The molecule has 2 saturated heterocycles. The molecule has 31 heavy (non-hydrogen) atoms. The number of carbonyl (C=O) groups excluding carboxylic acids is 1. The third kappa shape index (κ3) is 4.61. The van der Waals surface area contributed by atoms with Crippen LogP contribution in [0, 0.1) is 0 Å². The highest BCUT2D eigenvalue weighted by atomic mass is 16.7. The van der Waals surface area contributed by atoms with Gasteiger partial charge in [-0.25, -0.2) is 4.98 Å². The first-order chi connectivity index (χ1) is 14.6. The Morgan fingerprint density at radius 1 is 0.968 bits per heavy atom. The van der Waals surface area contributed by atoms with Gasteiger partial charge in [0, 0.05) is 38.1 Å². The molecular formula is C23H31BN4O3. The monoisotopic (exact) mass is 422 g/mol. The van der Waals surface area contributed by atoms with Crippen LogP contribution in [0.5, 0.6) is 0 Å². The number of anilines is 2. The van der Waals surface area contributed by atoms with Crippen LogP contribution in [-0.4, -0.2) is 67.3 Å². The van der Waals surface area contributed by atoms with Gasteiger partial charge >= 0.3 is 7.12 Å². The minimum absolute atomic E-state index is 0.180. The highest BCUT2D eigenvalue weighted by Crippen LogP contribution is 2.36. The summed E-state index contributed by atoms with van der Waals surface area (Å²) < 4.78 is 12.2. The Kier molecular flexibility index (Phi) is 5.81. The van der Waals surface area contributed by atoms with Gasteiger partial charge in [-0.1, -0.05) is 12.1 Å². The van der Waals surface area contributed by atoms with Crippen molar-refractivity contribution in [1.29, 1.82) is 0 Å². The highest BCUT2D eigenvalue weighted by Gasteiger charge is 2.51. The molecule has 4 rings (SSSR count). The SMILES string of the molecule is CN1CCN(c2ccc(C(=O)Nc3ccc(B4OC(C)(C)C(C)(C)O4)cc3)cn2)CC1. The number of pyridine rings is 1. The molecule has 1 aromatic carbocycles. The average Bonchev–Trinajstić information content (AvgIpc) is 2.96. The summed E-state index contributed by atoms with van der Waals surface area (Å²) in [5.74, 6) is 0.734. The second kappa shape index (κ2) is 8.26. The molecule has 1 N–H and O–H groups in total. The molecule has 0 saturated carbocycles. The normalized spacial score (nSPS) is 20.7. The number of piperazine rings is 1. The van der Waals surface area contributed by atoms with Crippen LogP contribution in [0.1, 0.15) is 38.1 Å². The molecule has 8 heteroatoms. The molecule has 2 aliphatic heterocycles. The first-order valence-corrected chi connectivity index (χ1v) is 10.8. The Labute approximate surface area is 184 Å². The van der Waals surface area contributed by atoms with Crippen molar-refractivity contribution >= 4 is 30.0 Å². The molecule has 2 aliphatic rings. The fourth-order valence-electron chi connectivity index (χ4n) is 3.65. The van der Waals surface area contributed by atoms with Crippen molar-refractivity contribution in [3.63, 3.8) is 0 Å². The van der Waals surface area contributed by atoms with Crippen molar-refractivity contribution in [3.05, 3.63) is 48.2 Å². The number of hydrogen-bond donors (Lipinski definition) is 1. The van der Waals surface area contributed by atoms with Gasteiger partial charge in [-0.15, -0.1) is 0 Å². The predicted molar refractivity (Wildman–Crippen MR) is 124 cm³/mol. The Morgan fingerprint density at radius 3 is 2.13 bits per heavy atom. The largest absolute Gasteiger partial charge is 0.494 e. The number of hydrogen-bond acceptors (Lipinski definition) is 6. The van der Waals surface area contributed by atoms with Crippen molar-refractivity contribution in [2.24, 2.45) is 0 Å². The zero-order valence-corrected chi connectivity index (χ0v) is 19.0. The summed E-state index contributed by atoms with van der Waals surface area (Å²) >= 11 is 0. The van der Waals surface area contributed by atoms with Gasteiger partial charge in [0.1, 0.15) is 5.82 Å². The molecular weight excluding hydrogens is 391 g/mol. The zero-order chi connectivity index (χ0) is 22.2. The van der Waals surface area contributed by atoms with E-state index in [9.17, 15) is 4.79 Å². The van der Waals surface area contributed by atoms with E-state index in [-0.39, 0.29) is 17.1 Å². The lowest BCUT2D eigenvalue weighted by Gasteiger charge is -2.33. The molecule has 3 heterocycles. The number of nitrogens with one attached hydrogen (secondary N) is 1. The first-order valence-electron chi connectivity index (χ1n) is 10.8. The van der Waals surface area contributed by atoms with Crippen LogP contribution in [0.15, 0.2) is 42.6 Å². The lowest BCUT2D eigenvalue weighted by atomic mass is 9.79. The number of amides is 1. The third-order valence-corrected chi connectivity index (χ3v) is 6.53. The zero-order valence-electron chi connectivity index (χ0n) is 19.0. The van der Waals surface area contributed by atoms with E-state index in [0.717, 1.165) is 37.5 Å². The van der Waals surface area contributed by atoms with Crippen LogP contribution in [0.3, 0.4) is 0 Å². The summed E-state index contributed by atoms with van der Waals surface area (Å²) in [5, 5.41) is 2.93. The van der Waals surface area contributed by atoms with E-state index in [1.165, 1.54) is 0 Å². The molecule has 0 aliphatic carbocycles. The van der Waals surface area contributed by atoms with Crippen molar-refractivity contribution in [1.82, 2.24) is 9.88 Å². The standard InChI is InChI=1S/C23H31BN4O3/c1-22(2)23(3,4)31-24(30-22)18-7-9-19(10-8-18)26-21(29)17-6-11-20(25-16-17)28-14-12-27(5)13-15-28/h6-11,16H,12-15H2,1-5H3,(H,26,29). The lowest BCUT2D eigenvalue weighted by molar-refractivity contribution is 0.00578. The summed E-state index contributed by atoms with van der Waals surface area (Å²) in [5.41, 5.74) is 1.41. The minimum atomic E-state index is -0.416. The lowest BCUT2D eigenvalue weighted by Crippen LogP contribution is -2.44. The van der Waals surface area contributed by atoms with Crippen molar-refractivity contribution in [2.45, 2.75) is 38.9 Å². The summed E-state index contributed by atoms with van der Waals surface area (Å²) in [6, 6.07) is 11.3. The van der Waals surface area contributed by atoms with Gasteiger partial charge in [0.05, 0.1) is 16.8 Å². The summed E-state index contributed by atoms with van der Waals surface area (Å²) in [7, 11) is 1.71. The van der Waals surface area contributed by atoms with E-state index in [1.807, 2.05) is 64.1 Å². The molecule has 0 unspecified atom stereocenters. The van der Waals surface area contributed by atoms with Crippen LogP contribution in [0.4, 0.5) is 11.5 Å². The van der Waals surface area contributed by atoms with Gasteiger partial charge in [0.2, 0.25) is 0 Å². The van der Waals surface area contributed by atoms with Crippen LogP contribution in [0.25, 0.3) is 0 Å². The van der Waals surface area contributed by atoms with E-state index in [2.05, 4.69) is 27.1 Å². The van der Waals surface area contributed by atoms with Crippen LogP contribution in [0.2, 0.25) is 0 Å². The molecule has 0 bridgehead atoms. The Morgan fingerprint density at radius 2 is 1.58 bits per heavy atom. The topological polar surface area (TPSA) is 66.9 Å². The molecule has 7 nitrogen and oxygen atoms in total. The van der Waals surface area contributed by atoms with Gasteiger partial charge in [-0.3, -0.25) is 4.79 Å². The smallest absolute Gasteiger partial charge is 0.399 e. The van der Waals surface area contributed by atoms with Gasteiger partial charge in [0.15, 0.2) is 0 Å². The highest BCUT2D eigenvalue weighted by molar-refractivity contribution is 6.62. The molecule has 0 spiro atoms. The van der Waals surface area contributed by atoms with Crippen molar-refractivity contribution < 1.29 is 14.1 Å². The number of likely N-dealkylation sites (N-methyl/N-ethyl adjacent to an activating group) is 1. The molecule has 2 aromatic rings. The van der Waals surface area contributed by atoms with E-state index >= 15 is 0 Å². The van der Waals surface area contributed by atoms with E-state index in [0.29, 0.717) is 11.3 Å². The Balaban J connectivity index is 1.37. The van der Waals surface area contributed by atoms with Gasteiger partial charge in [0.25, 0.3) is 5.91 Å². The molecule has 0 radical (unpaired) electrons. The summed E-state index contributed by atoms with van der Waals surface area (Å²) in [4.78, 5) is 21.7. The Bertz CT molecular complexity index is 907. The van der Waals surface area contributed by atoms with Crippen LogP contribution in [-0.2, 0) is 9.31 Å². The maximum absolute atomic E-state index is 12.6. The first kappa shape index (κ1) is 21.8. The summed E-state index contributed by atoms with van der Waals surface area (Å²) in [6.07, 6.45) is 1.64. The van der Waals surface area contributed by atoms with Crippen LogP contribution >= 0.6 is 0 Å². The quantitative estimate of drug-likeness (QED) is 0.764. The summed E-state index contributed by atoms with van der Waals surface area (Å²) in [6.45, 7) is 12.1. The molecule has 2 fully saturated rings. The number of benzene rings is 1. The molecule has 1 aromatic heterocycles. The molecule has 1 amide bonds. The molecule has 164 valence electrons. The Hall–Kier alpha value is -2.42. The second-order valence-corrected chi connectivity index (χ2v) is 9.36. The van der Waals surface area contributed by atoms with Gasteiger partial charge < -0.3 is 24.4 Å². The number of aromatic nitrogens is 1. The number of carbonyl (C=O) groups is 1. The van der Waals surface area contributed by atoms with Crippen LogP contribution < -0.4 is 15.7 Å². The fraction of sp³-hybridized carbons (Fsp3) is 0.478. The minimum Gasteiger partial charge on any atom is -0.399 e. The predicted octanol–water partition coefficient (Wildman–Crippen LogP) is 2.38.